The predicted molar refractivity (Wildman–Crippen MR) is 104 cm³/mol. The minimum absolute atomic E-state index is 0.0304. The molecule has 32 heavy (non-hydrogen) atoms. The Labute approximate surface area is 182 Å². The first-order chi connectivity index (χ1) is 15.0. The lowest BCUT2D eigenvalue weighted by molar-refractivity contribution is -0.192. The van der Waals surface area contributed by atoms with Gasteiger partial charge in [-0.1, -0.05) is 11.6 Å². The summed E-state index contributed by atoms with van der Waals surface area (Å²) in [4.78, 5) is 27.9. The van der Waals surface area contributed by atoms with Gasteiger partial charge >= 0.3 is 12.1 Å². The smallest absolute Gasteiger partial charge is 0.475 e. The van der Waals surface area contributed by atoms with Crippen molar-refractivity contribution in [2.24, 2.45) is 0 Å². The zero-order valence-corrected chi connectivity index (χ0v) is 16.6. The molecule has 0 aliphatic carbocycles. The Morgan fingerprint density at radius 1 is 1.09 bits per heavy atom. The molecule has 0 bridgehead atoms. The third kappa shape index (κ3) is 5.05. The van der Waals surface area contributed by atoms with Crippen molar-refractivity contribution < 1.29 is 36.6 Å². The predicted octanol–water partition coefficient (Wildman–Crippen LogP) is 4.59. The number of alkyl halides is 3. The number of aromatic nitrogens is 2. The Kier molecular flexibility index (Phi) is 6.49. The van der Waals surface area contributed by atoms with Gasteiger partial charge in [-0.05, 0) is 30.3 Å². The number of hydrogen-bond donors (Lipinski definition) is 3. The fourth-order valence-electron chi connectivity index (χ4n) is 2.90. The van der Waals surface area contributed by atoms with Gasteiger partial charge in [0.2, 0.25) is 0 Å². The largest absolute Gasteiger partial charge is 0.490 e. The Bertz CT molecular complexity index is 1190. The number of aromatic amines is 1. The minimum atomic E-state index is -5.08. The Hall–Kier alpha value is -3.47. The lowest BCUT2D eigenvalue weighted by Gasteiger charge is -2.11. The van der Waals surface area contributed by atoms with Crippen LogP contribution >= 0.6 is 11.6 Å². The van der Waals surface area contributed by atoms with Gasteiger partial charge in [-0.3, -0.25) is 9.78 Å². The normalized spacial score (nSPS) is 13.0. The van der Waals surface area contributed by atoms with Gasteiger partial charge in [0.25, 0.3) is 5.91 Å². The average molecular weight is 474 g/mol. The van der Waals surface area contributed by atoms with E-state index in [0.29, 0.717) is 35.5 Å². The number of carbonyl (C=O) groups is 2. The third-order valence-electron chi connectivity index (χ3n) is 4.41. The molecule has 4 rings (SSSR count). The molecule has 0 atom stereocenters. The highest BCUT2D eigenvalue weighted by molar-refractivity contribution is 6.31. The van der Waals surface area contributed by atoms with Crippen LogP contribution < -0.4 is 5.32 Å². The fourth-order valence-corrected chi connectivity index (χ4v) is 3.08. The lowest BCUT2D eigenvalue weighted by Crippen LogP contribution is -2.31. The first-order valence-electron chi connectivity index (χ1n) is 8.89. The highest BCUT2D eigenvalue weighted by Gasteiger charge is 2.38. The van der Waals surface area contributed by atoms with Crippen molar-refractivity contribution in [2.75, 3.05) is 6.54 Å². The summed E-state index contributed by atoms with van der Waals surface area (Å²) >= 11 is 5.81. The Morgan fingerprint density at radius 2 is 1.78 bits per heavy atom. The molecular formula is C20H13ClF5N3O3. The van der Waals surface area contributed by atoms with Crippen LogP contribution in [0.15, 0.2) is 36.5 Å². The maximum atomic E-state index is 14.3. The minimum Gasteiger partial charge on any atom is -0.475 e. The summed E-state index contributed by atoms with van der Waals surface area (Å²) in [5.74, 6) is -3.98. The number of amides is 1. The molecule has 3 N–H and O–H groups in total. The molecule has 0 fully saturated rings. The van der Waals surface area contributed by atoms with Gasteiger partial charge in [0.05, 0.1) is 22.5 Å². The number of carboxylic acids is 1. The number of rotatable bonds is 2. The number of carboxylic acid groups (broad SMARTS) is 1. The van der Waals surface area contributed by atoms with Crippen molar-refractivity contribution in [1.29, 1.82) is 0 Å². The van der Waals surface area contributed by atoms with E-state index in [2.05, 4.69) is 15.3 Å². The number of carbonyl (C=O) groups excluding carboxylic acids is 1. The average Bonchev–Trinajstić information content (AvgIpc) is 3.16. The molecule has 0 saturated heterocycles. The van der Waals surface area contributed by atoms with Crippen LogP contribution in [0.1, 0.15) is 16.1 Å². The molecule has 2 aromatic heterocycles. The molecule has 0 saturated carbocycles. The first kappa shape index (κ1) is 23.2. The van der Waals surface area contributed by atoms with Crippen molar-refractivity contribution in [2.45, 2.75) is 12.6 Å². The second-order valence-corrected chi connectivity index (χ2v) is 6.97. The molecule has 1 aliphatic rings. The van der Waals surface area contributed by atoms with E-state index in [-0.39, 0.29) is 16.5 Å². The SMILES string of the molecule is O=C(O)C(F)(F)F.O=C1NCCc2[nH]c(-c3cc(-c4ccc(F)c(Cl)c4)ncc3F)cc21. The molecule has 1 amide bonds. The summed E-state index contributed by atoms with van der Waals surface area (Å²) in [6.45, 7) is 0.546. The Morgan fingerprint density at radius 3 is 2.38 bits per heavy atom. The van der Waals surface area contributed by atoms with Gasteiger partial charge < -0.3 is 15.4 Å². The molecule has 3 heterocycles. The summed E-state index contributed by atoms with van der Waals surface area (Å²) < 4.78 is 59.4. The number of pyridine rings is 1. The van der Waals surface area contributed by atoms with Gasteiger partial charge in [0.15, 0.2) is 5.82 Å². The molecule has 0 spiro atoms. The Balaban J connectivity index is 0.000000360. The summed E-state index contributed by atoms with van der Waals surface area (Å²) in [7, 11) is 0. The van der Waals surface area contributed by atoms with Gasteiger partial charge in [-0.2, -0.15) is 13.2 Å². The van der Waals surface area contributed by atoms with Crippen molar-refractivity contribution in [3.63, 3.8) is 0 Å². The van der Waals surface area contributed by atoms with E-state index < -0.39 is 23.8 Å². The molecule has 1 aliphatic heterocycles. The second-order valence-electron chi connectivity index (χ2n) is 6.56. The van der Waals surface area contributed by atoms with Gasteiger partial charge in [0, 0.05) is 35.5 Å². The number of H-pyrrole nitrogens is 1. The first-order valence-corrected chi connectivity index (χ1v) is 9.26. The standard InChI is InChI=1S/C18H12ClF2N3O.C2HF3O2/c19-12-5-9(1-2-13(12)20)16-6-10(14(21)8-23-16)17-7-11-15(24-17)3-4-22-18(11)25;3-2(4,5)1(6)7/h1-2,5-8,24H,3-4H2,(H,22,25);(H,6,7). The van der Waals surface area contributed by atoms with E-state index in [4.69, 9.17) is 21.5 Å². The summed E-state index contributed by atoms with van der Waals surface area (Å²) in [6, 6.07) is 7.38. The molecule has 1 aromatic carbocycles. The van der Waals surface area contributed by atoms with Crippen LogP contribution in [-0.2, 0) is 11.2 Å². The van der Waals surface area contributed by atoms with Crippen molar-refractivity contribution in [3.8, 4) is 22.5 Å². The van der Waals surface area contributed by atoms with Crippen molar-refractivity contribution in [3.05, 3.63) is 64.4 Å². The second kappa shape index (κ2) is 8.95. The van der Waals surface area contributed by atoms with E-state index in [9.17, 15) is 26.7 Å². The zero-order chi connectivity index (χ0) is 23.6. The zero-order valence-electron chi connectivity index (χ0n) is 15.9. The van der Waals surface area contributed by atoms with Gasteiger partial charge in [0.1, 0.15) is 5.82 Å². The van der Waals surface area contributed by atoms with Gasteiger partial charge in [-0.25, -0.2) is 13.6 Å². The number of fused-ring (bicyclic) bond motifs is 1. The lowest BCUT2D eigenvalue weighted by atomic mass is 10.1. The number of aliphatic carboxylic acids is 1. The quantitative estimate of drug-likeness (QED) is 0.474. The summed E-state index contributed by atoms with van der Waals surface area (Å²) in [5.41, 5.74) is 3.10. The van der Waals surface area contributed by atoms with Crippen LogP contribution in [0.25, 0.3) is 22.5 Å². The number of nitrogens with one attached hydrogen (secondary N) is 2. The fraction of sp³-hybridized carbons (Fsp3) is 0.150. The molecule has 0 radical (unpaired) electrons. The molecule has 3 aromatic rings. The van der Waals surface area contributed by atoms with E-state index >= 15 is 0 Å². The third-order valence-corrected chi connectivity index (χ3v) is 4.70. The molecule has 12 heteroatoms. The molecular weight excluding hydrogens is 461 g/mol. The molecule has 168 valence electrons. The van der Waals surface area contributed by atoms with Crippen LogP contribution in [0, 0.1) is 11.6 Å². The van der Waals surface area contributed by atoms with Crippen molar-refractivity contribution >= 4 is 23.5 Å². The van der Waals surface area contributed by atoms with Crippen LogP contribution in [0.4, 0.5) is 22.0 Å². The van der Waals surface area contributed by atoms with Crippen LogP contribution in [0.5, 0.6) is 0 Å². The number of halogens is 6. The monoisotopic (exact) mass is 473 g/mol. The number of hydrogen-bond acceptors (Lipinski definition) is 3. The number of nitrogens with zero attached hydrogens (tertiary/aromatic N) is 1. The van der Waals surface area contributed by atoms with E-state index in [1.807, 2.05) is 0 Å². The molecule has 6 nitrogen and oxygen atoms in total. The van der Waals surface area contributed by atoms with Crippen LogP contribution in [-0.4, -0.2) is 39.7 Å². The highest BCUT2D eigenvalue weighted by atomic mass is 35.5. The maximum Gasteiger partial charge on any atom is 0.490 e. The van der Waals surface area contributed by atoms with E-state index in [1.165, 1.54) is 18.2 Å². The molecule has 0 unspecified atom stereocenters. The van der Waals surface area contributed by atoms with Crippen molar-refractivity contribution in [1.82, 2.24) is 15.3 Å². The van der Waals surface area contributed by atoms with E-state index in [1.54, 1.807) is 12.1 Å². The van der Waals surface area contributed by atoms with Gasteiger partial charge in [-0.15, -0.1) is 0 Å². The summed E-state index contributed by atoms with van der Waals surface area (Å²) in [5, 5.41) is 9.85. The summed E-state index contributed by atoms with van der Waals surface area (Å²) in [6.07, 6.45) is -3.32. The van der Waals surface area contributed by atoms with Crippen LogP contribution in [0.3, 0.4) is 0 Å². The topological polar surface area (TPSA) is 95.1 Å². The highest BCUT2D eigenvalue weighted by Crippen LogP contribution is 2.30. The number of benzene rings is 1. The maximum absolute atomic E-state index is 14.3. The van der Waals surface area contributed by atoms with Crippen LogP contribution in [0.2, 0.25) is 5.02 Å². The van der Waals surface area contributed by atoms with E-state index in [0.717, 1.165) is 11.9 Å².